The largest absolute Gasteiger partial charge is 0.494 e. The minimum absolute atomic E-state index is 0.392. The molecule has 1 saturated heterocycles. The van der Waals surface area contributed by atoms with E-state index in [1.54, 1.807) is 0 Å². The van der Waals surface area contributed by atoms with Crippen LogP contribution in [0.3, 0.4) is 0 Å². The molecule has 0 spiro atoms. The van der Waals surface area contributed by atoms with E-state index in [-0.39, 0.29) is 0 Å². The fourth-order valence-electron chi connectivity index (χ4n) is 7.32. The van der Waals surface area contributed by atoms with Crippen LogP contribution in [0.15, 0.2) is 146 Å². The van der Waals surface area contributed by atoms with E-state index in [0.717, 1.165) is 39.1 Å². The molecule has 1 aliphatic rings. The summed E-state index contributed by atoms with van der Waals surface area (Å²) in [5, 5.41) is 9.74. The highest BCUT2D eigenvalue weighted by Gasteiger charge is 2.51. The van der Waals surface area contributed by atoms with Crippen molar-refractivity contribution in [1.82, 2.24) is 4.98 Å². The molecule has 49 heavy (non-hydrogen) atoms. The van der Waals surface area contributed by atoms with Crippen LogP contribution in [0, 0.1) is 0 Å². The number of benzene rings is 7. The van der Waals surface area contributed by atoms with Crippen LogP contribution in [0.4, 0.5) is 0 Å². The monoisotopic (exact) mass is 633 g/mol. The van der Waals surface area contributed by atoms with E-state index in [9.17, 15) is 0 Å². The summed E-state index contributed by atoms with van der Waals surface area (Å²) in [4.78, 5) is 5.49. The molecule has 1 fully saturated rings. The number of pyridine rings is 1. The van der Waals surface area contributed by atoms with E-state index in [1.807, 2.05) is 0 Å². The predicted molar refractivity (Wildman–Crippen MR) is 206 cm³/mol. The van der Waals surface area contributed by atoms with Crippen molar-refractivity contribution in [2.75, 3.05) is 0 Å². The molecular weight excluding hydrogens is 597 g/mol. The van der Waals surface area contributed by atoms with Gasteiger partial charge in [0, 0.05) is 11.1 Å². The Labute approximate surface area is 287 Å². The Morgan fingerprint density at radius 1 is 0.429 bits per heavy atom. The number of hydrogen-bond acceptors (Lipinski definition) is 3. The number of hydrogen-bond donors (Lipinski definition) is 0. The van der Waals surface area contributed by atoms with Gasteiger partial charge in [-0.25, -0.2) is 4.98 Å². The van der Waals surface area contributed by atoms with Gasteiger partial charge in [-0.3, -0.25) is 0 Å². The summed E-state index contributed by atoms with van der Waals surface area (Å²) in [5.74, 6) is 0. The molecule has 2 heterocycles. The molecule has 8 aromatic rings. The van der Waals surface area contributed by atoms with Gasteiger partial charge in [0.1, 0.15) is 0 Å². The highest BCUT2D eigenvalue weighted by atomic mass is 16.7. The minimum Gasteiger partial charge on any atom is -0.399 e. The predicted octanol–water partition coefficient (Wildman–Crippen LogP) is 11.0. The third-order valence-corrected chi connectivity index (χ3v) is 10.7. The summed E-state index contributed by atoms with van der Waals surface area (Å²) in [5.41, 5.74) is 6.58. The van der Waals surface area contributed by atoms with Gasteiger partial charge in [-0.05, 0) is 112 Å². The van der Waals surface area contributed by atoms with Crippen molar-refractivity contribution in [1.29, 1.82) is 0 Å². The quantitative estimate of drug-likeness (QED) is 0.143. The van der Waals surface area contributed by atoms with Gasteiger partial charge in [0.2, 0.25) is 0 Å². The van der Waals surface area contributed by atoms with E-state index in [4.69, 9.17) is 14.3 Å². The van der Waals surface area contributed by atoms with Crippen LogP contribution in [-0.2, 0) is 9.31 Å². The van der Waals surface area contributed by atoms with Crippen LogP contribution >= 0.6 is 0 Å². The van der Waals surface area contributed by atoms with Crippen molar-refractivity contribution in [3.8, 4) is 33.6 Å². The number of fused-ring (bicyclic) bond motifs is 6. The number of aromatic nitrogens is 1. The Morgan fingerprint density at radius 2 is 0.837 bits per heavy atom. The summed E-state index contributed by atoms with van der Waals surface area (Å²) >= 11 is 0. The van der Waals surface area contributed by atoms with Crippen molar-refractivity contribution >= 4 is 55.7 Å². The van der Waals surface area contributed by atoms with E-state index in [0.29, 0.717) is 0 Å². The van der Waals surface area contributed by atoms with E-state index in [2.05, 4.69) is 173 Å². The molecular formula is C45H36BNO2. The molecule has 0 N–H and O–H groups in total. The van der Waals surface area contributed by atoms with Crippen molar-refractivity contribution in [2.24, 2.45) is 0 Å². The zero-order chi connectivity index (χ0) is 33.3. The fourth-order valence-corrected chi connectivity index (χ4v) is 7.32. The molecule has 0 radical (unpaired) electrons. The molecule has 4 heteroatoms. The van der Waals surface area contributed by atoms with Crippen LogP contribution < -0.4 is 5.46 Å². The summed E-state index contributed by atoms with van der Waals surface area (Å²) in [7, 11) is -0.407. The SMILES string of the molecule is CC1(C)OB(c2ccc(-c3cc(-c4cc5ccccc5c5ccccc45)nc(-c4cc5ccccc5c5ccccc45)c3)cc2)OC1(C)C. The van der Waals surface area contributed by atoms with Crippen LogP contribution in [0.2, 0.25) is 0 Å². The molecule has 0 unspecified atom stereocenters. The van der Waals surface area contributed by atoms with E-state index < -0.39 is 18.3 Å². The summed E-state index contributed by atoms with van der Waals surface area (Å²) < 4.78 is 12.7. The molecule has 0 aliphatic carbocycles. The molecule has 9 rings (SSSR count). The van der Waals surface area contributed by atoms with Crippen molar-refractivity contribution < 1.29 is 9.31 Å². The van der Waals surface area contributed by atoms with Gasteiger partial charge < -0.3 is 9.31 Å². The Kier molecular flexibility index (Phi) is 6.78. The minimum atomic E-state index is -0.407. The molecule has 0 atom stereocenters. The molecule has 0 bridgehead atoms. The van der Waals surface area contributed by atoms with Crippen molar-refractivity contribution in [2.45, 2.75) is 38.9 Å². The first kappa shape index (κ1) is 29.8. The zero-order valence-corrected chi connectivity index (χ0v) is 28.2. The molecule has 3 nitrogen and oxygen atoms in total. The molecule has 1 aromatic heterocycles. The normalized spacial score (nSPS) is 15.5. The first-order valence-corrected chi connectivity index (χ1v) is 17.1. The molecule has 0 amide bonds. The van der Waals surface area contributed by atoms with Gasteiger partial charge in [0.05, 0.1) is 22.6 Å². The van der Waals surface area contributed by atoms with Gasteiger partial charge in [-0.15, -0.1) is 0 Å². The lowest BCUT2D eigenvalue weighted by Gasteiger charge is -2.32. The van der Waals surface area contributed by atoms with Gasteiger partial charge in [-0.1, -0.05) is 121 Å². The van der Waals surface area contributed by atoms with Crippen LogP contribution in [0.1, 0.15) is 27.7 Å². The van der Waals surface area contributed by atoms with Gasteiger partial charge in [-0.2, -0.15) is 0 Å². The lowest BCUT2D eigenvalue weighted by Crippen LogP contribution is -2.41. The van der Waals surface area contributed by atoms with Gasteiger partial charge >= 0.3 is 7.12 Å². The first-order valence-electron chi connectivity index (χ1n) is 17.1. The second kappa shape index (κ2) is 11.1. The van der Waals surface area contributed by atoms with Crippen LogP contribution in [-0.4, -0.2) is 23.3 Å². The average Bonchev–Trinajstić information content (AvgIpc) is 3.36. The third kappa shape index (κ3) is 4.94. The summed E-state index contributed by atoms with van der Waals surface area (Å²) in [6.45, 7) is 8.37. The first-order chi connectivity index (χ1) is 23.8. The Hall–Kier alpha value is -5.29. The van der Waals surface area contributed by atoms with Crippen LogP contribution in [0.25, 0.3) is 76.7 Å². The van der Waals surface area contributed by atoms with Crippen molar-refractivity contribution in [3.05, 3.63) is 146 Å². The molecule has 7 aromatic carbocycles. The highest BCUT2D eigenvalue weighted by Crippen LogP contribution is 2.40. The smallest absolute Gasteiger partial charge is 0.399 e. The Morgan fingerprint density at radius 3 is 1.31 bits per heavy atom. The van der Waals surface area contributed by atoms with Crippen molar-refractivity contribution in [3.63, 3.8) is 0 Å². The third-order valence-electron chi connectivity index (χ3n) is 10.7. The highest BCUT2D eigenvalue weighted by molar-refractivity contribution is 6.62. The molecule has 0 saturated carbocycles. The standard InChI is InChI=1S/C45H36BNO2/c1-44(2)45(3,4)49-46(48-44)33-23-21-29(22-24-33)32-27-42(40-25-30-13-5-7-15-34(30)36-17-9-11-19-38(36)40)47-43(28-32)41-26-31-14-6-8-16-35(31)37-18-10-12-20-39(37)41/h5-28H,1-4H3. The maximum atomic E-state index is 6.37. The maximum absolute atomic E-state index is 6.37. The second-order valence-corrected chi connectivity index (χ2v) is 14.2. The maximum Gasteiger partial charge on any atom is 0.494 e. The Balaban J connectivity index is 1.27. The number of nitrogens with zero attached hydrogens (tertiary/aromatic N) is 1. The zero-order valence-electron chi connectivity index (χ0n) is 28.2. The summed E-state index contributed by atoms with van der Waals surface area (Å²) in [6.07, 6.45) is 0. The Bertz CT molecular complexity index is 2420. The molecule has 1 aliphatic heterocycles. The van der Waals surface area contributed by atoms with Gasteiger partial charge in [0.15, 0.2) is 0 Å². The lowest BCUT2D eigenvalue weighted by atomic mass is 9.78. The lowest BCUT2D eigenvalue weighted by molar-refractivity contribution is 0.00578. The molecule has 236 valence electrons. The summed E-state index contributed by atoms with van der Waals surface area (Å²) in [6, 6.07) is 52.3. The fraction of sp³-hybridized carbons (Fsp3) is 0.133. The van der Waals surface area contributed by atoms with Crippen LogP contribution in [0.5, 0.6) is 0 Å². The second-order valence-electron chi connectivity index (χ2n) is 14.2. The van der Waals surface area contributed by atoms with E-state index in [1.165, 1.54) is 43.1 Å². The number of rotatable bonds is 4. The van der Waals surface area contributed by atoms with Gasteiger partial charge in [0.25, 0.3) is 0 Å². The van der Waals surface area contributed by atoms with E-state index >= 15 is 0 Å². The average molecular weight is 634 g/mol. The topological polar surface area (TPSA) is 31.4 Å².